The number of carbonyl (C=O) groups is 1. The highest BCUT2D eigenvalue weighted by molar-refractivity contribution is 7.16. The van der Waals surface area contributed by atoms with Crippen molar-refractivity contribution in [1.82, 2.24) is 4.98 Å². The normalized spacial score (nSPS) is 11.6. The van der Waals surface area contributed by atoms with Crippen LogP contribution in [0.4, 0.5) is 0 Å². The summed E-state index contributed by atoms with van der Waals surface area (Å²) in [6.07, 6.45) is 1.70. The summed E-state index contributed by atoms with van der Waals surface area (Å²) >= 11 is 1.27. The van der Waals surface area contributed by atoms with E-state index in [1.54, 1.807) is 33.0 Å². The zero-order valence-electron chi connectivity index (χ0n) is 11.3. The lowest BCUT2D eigenvalue weighted by Crippen LogP contribution is -2.27. The molecule has 2 aromatic rings. The summed E-state index contributed by atoms with van der Waals surface area (Å²) in [6.45, 7) is 7.17. The number of nitrogens with zero attached hydrogens (tertiary/aromatic N) is 1. The van der Waals surface area contributed by atoms with E-state index in [4.69, 9.17) is 4.74 Å². The molecule has 0 bridgehead atoms. The lowest BCUT2D eigenvalue weighted by atomic mass is 10.1. The molecule has 0 aromatic carbocycles. The lowest BCUT2D eigenvalue weighted by Gasteiger charge is -2.19. The molecule has 0 saturated heterocycles. The third kappa shape index (κ3) is 2.98. The van der Waals surface area contributed by atoms with Crippen LogP contribution in [0.25, 0.3) is 10.2 Å². The summed E-state index contributed by atoms with van der Waals surface area (Å²) in [4.78, 5) is 29.1. The fraction of sp³-hybridized carbons (Fsp3) is 0.357. The maximum atomic E-state index is 12.3. The van der Waals surface area contributed by atoms with E-state index < -0.39 is 11.6 Å². The molecule has 0 spiro atoms. The lowest BCUT2D eigenvalue weighted by molar-refractivity contribution is 0.00687. The van der Waals surface area contributed by atoms with Gasteiger partial charge in [-0.2, -0.15) is 0 Å². The van der Waals surface area contributed by atoms with Crippen molar-refractivity contribution in [1.29, 1.82) is 0 Å². The molecule has 0 unspecified atom stereocenters. The monoisotopic (exact) mass is 277 g/mol. The van der Waals surface area contributed by atoms with E-state index in [1.807, 2.05) is 6.92 Å². The number of fused-ring (bicyclic) bond motifs is 1. The number of pyridine rings is 1. The molecule has 2 rings (SSSR count). The Morgan fingerprint density at radius 2 is 2.05 bits per heavy atom. The molecule has 0 N–H and O–H groups in total. The summed E-state index contributed by atoms with van der Waals surface area (Å²) in [5.74, 6) is -0.586. The summed E-state index contributed by atoms with van der Waals surface area (Å²) < 4.78 is 5.23. The van der Waals surface area contributed by atoms with Crippen molar-refractivity contribution in [3.8, 4) is 0 Å². The standard InChI is InChI=1S/C14H15NO3S/c1-8-5-9-11(16)10(7-19-12(9)15-6-8)13(17)18-14(2,3)4/h5-7H,1-4H3. The number of carbonyl (C=O) groups excluding carboxylic acids is 1. The average molecular weight is 277 g/mol. The Kier molecular flexibility index (Phi) is 3.41. The molecule has 0 radical (unpaired) electrons. The van der Waals surface area contributed by atoms with Crippen LogP contribution in [0.1, 0.15) is 36.7 Å². The Bertz CT molecular complexity index is 698. The first-order valence-corrected chi connectivity index (χ1v) is 6.77. The van der Waals surface area contributed by atoms with Gasteiger partial charge in [-0.25, -0.2) is 9.78 Å². The second-order valence-electron chi connectivity index (χ2n) is 5.35. The van der Waals surface area contributed by atoms with Gasteiger partial charge in [0.25, 0.3) is 0 Å². The van der Waals surface area contributed by atoms with Gasteiger partial charge in [-0.1, -0.05) is 0 Å². The number of ether oxygens (including phenoxy) is 1. The first kappa shape index (κ1) is 13.7. The molecule has 0 aliphatic rings. The van der Waals surface area contributed by atoms with Crippen molar-refractivity contribution < 1.29 is 9.53 Å². The van der Waals surface area contributed by atoms with E-state index in [1.165, 1.54) is 16.7 Å². The van der Waals surface area contributed by atoms with E-state index in [9.17, 15) is 9.59 Å². The molecule has 0 fully saturated rings. The largest absolute Gasteiger partial charge is 0.456 e. The predicted molar refractivity (Wildman–Crippen MR) is 75.8 cm³/mol. The number of esters is 1. The molecule has 0 atom stereocenters. The molecule has 19 heavy (non-hydrogen) atoms. The molecular weight excluding hydrogens is 262 g/mol. The van der Waals surface area contributed by atoms with Crippen molar-refractivity contribution in [2.24, 2.45) is 0 Å². The number of aromatic nitrogens is 1. The number of hydrogen-bond acceptors (Lipinski definition) is 5. The fourth-order valence-electron chi connectivity index (χ4n) is 1.60. The highest BCUT2D eigenvalue weighted by Crippen LogP contribution is 2.17. The number of rotatable bonds is 1. The van der Waals surface area contributed by atoms with Gasteiger partial charge in [-0.3, -0.25) is 4.79 Å². The second-order valence-corrected chi connectivity index (χ2v) is 6.20. The smallest absolute Gasteiger partial charge is 0.343 e. The van der Waals surface area contributed by atoms with E-state index in [-0.39, 0.29) is 11.0 Å². The SMILES string of the molecule is Cc1cnc2scc(C(=O)OC(C)(C)C)c(=O)c2c1. The molecule has 2 aromatic heterocycles. The van der Waals surface area contributed by atoms with Crippen LogP contribution in [0.2, 0.25) is 0 Å². The first-order valence-electron chi connectivity index (χ1n) is 5.89. The number of hydrogen-bond donors (Lipinski definition) is 0. The van der Waals surface area contributed by atoms with Gasteiger partial charge >= 0.3 is 5.97 Å². The summed E-state index contributed by atoms with van der Waals surface area (Å²) in [5, 5.41) is 1.98. The minimum atomic E-state index is -0.617. The van der Waals surface area contributed by atoms with E-state index >= 15 is 0 Å². The Morgan fingerprint density at radius 3 is 2.68 bits per heavy atom. The zero-order valence-corrected chi connectivity index (χ0v) is 12.1. The third-order valence-electron chi connectivity index (χ3n) is 2.38. The molecule has 0 saturated carbocycles. The van der Waals surface area contributed by atoms with Gasteiger partial charge in [0, 0.05) is 11.6 Å². The fourth-order valence-corrected chi connectivity index (χ4v) is 2.43. The Hall–Kier alpha value is -1.75. The highest BCUT2D eigenvalue weighted by atomic mass is 32.1. The topological polar surface area (TPSA) is 56.3 Å². The van der Waals surface area contributed by atoms with Gasteiger partial charge in [0.15, 0.2) is 0 Å². The van der Waals surface area contributed by atoms with Gasteiger partial charge in [0.05, 0.1) is 5.39 Å². The van der Waals surface area contributed by atoms with Gasteiger partial charge in [0.2, 0.25) is 5.43 Å². The van der Waals surface area contributed by atoms with Crippen LogP contribution < -0.4 is 5.43 Å². The van der Waals surface area contributed by atoms with Crippen LogP contribution in [-0.2, 0) is 4.74 Å². The molecule has 0 aliphatic carbocycles. The summed E-state index contributed by atoms with van der Waals surface area (Å²) in [6, 6.07) is 1.75. The van der Waals surface area contributed by atoms with Crippen molar-refractivity contribution in [2.75, 3.05) is 0 Å². The Balaban J connectivity index is 2.54. The molecule has 5 heteroatoms. The summed E-state index contributed by atoms with van der Waals surface area (Å²) in [5.41, 5.74) is 0.0192. The molecule has 0 amide bonds. The van der Waals surface area contributed by atoms with E-state index in [2.05, 4.69) is 4.98 Å². The van der Waals surface area contributed by atoms with Crippen molar-refractivity contribution in [3.63, 3.8) is 0 Å². The third-order valence-corrected chi connectivity index (χ3v) is 3.29. The van der Waals surface area contributed by atoms with Gasteiger partial charge in [-0.15, -0.1) is 11.3 Å². The van der Waals surface area contributed by atoms with Crippen molar-refractivity contribution >= 4 is 27.5 Å². The van der Waals surface area contributed by atoms with Crippen LogP contribution in [0.15, 0.2) is 22.4 Å². The molecule has 100 valence electrons. The molecule has 4 nitrogen and oxygen atoms in total. The minimum absolute atomic E-state index is 0.0693. The highest BCUT2D eigenvalue weighted by Gasteiger charge is 2.21. The summed E-state index contributed by atoms with van der Waals surface area (Å²) in [7, 11) is 0. The van der Waals surface area contributed by atoms with Crippen LogP contribution in [0, 0.1) is 6.92 Å². The van der Waals surface area contributed by atoms with Crippen LogP contribution in [-0.4, -0.2) is 16.6 Å². The molecular formula is C14H15NO3S. The van der Waals surface area contributed by atoms with Gasteiger partial charge < -0.3 is 4.74 Å². The maximum Gasteiger partial charge on any atom is 0.343 e. The van der Waals surface area contributed by atoms with Crippen LogP contribution in [0.3, 0.4) is 0 Å². The quantitative estimate of drug-likeness (QED) is 0.752. The van der Waals surface area contributed by atoms with E-state index in [0.717, 1.165) is 5.56 Å². The molecule has 0 aliphatic heterocycles. The second kappa shape index (κ2) is 4.74. The van der Waals surface area contributed by atoms with Crippen molar-refractivity contribution in [2.45, 2.75) is 33.3 Å². The molecule has 2 heterocycles. The Morgan fingerprint density at radius 1 is 1.37 bits per heavy atom. The Labute approximate surface area is 115 Å². The van der Waals surface area contributed by atoms with Crippen molar-refractivity contribution in [3.05, 3.63) is 39.0 Å². The zero-order chi connectivity index (χ0) is 14.2. The van der Waals surface area contributed by atoms with Crippen LogP contribution >= 0.6 is 11.3 Å². The van der Waals surface area contributed by atoms with Crippen LogP contribution in [0.5, 0.6) is 0 Å². The average Bonchev–Trinajstić information content (AvgIpc) is 2.28. The number of aryl methyl sites for hydroxylation is 1. The maximum absolute atomic E-state index is 12.3. The minimum Gasteiger partial charge on any atom is -0.456 e. The first-order chi connectivity index (χ1) is 8.78. The van der Waals surface area contributed by atoms with Gasteiger partial charge in [-0.05, 0) is 39.3 Å². The van der Waals surface area contributed by atoms with E-state index in [0.29, 0.717) is 10.2 Å². The predicted octanol–water partition coefficient (Wildman–Crippen LogP) is 2.92. The van der Waals surface area contributed by atoms with Gasteiger partial charge in [0.1, 0.15) is 16.0 Å².